The highest BCUT2D eigenvalue weighted by Gasteiger charge is 2.23. The van der Waals surface area contributed by atoms with E-state index in [9.17, 15) is 22.9 Å². The molecule has 0 fully saturated rings. The van der Waals surface area contributed by atoms with Gasteiger partial charge in [0, 0.05) is 18.4 Å². The van der Waals surface area contributed by atoms with Crippen LogP contribution in [0.3, 0.4) is 0 Å². The topological polar surface area (TPSA) is 89.3 Å². The van der Waals surface area contributed by atoms with Gasteiger partial charge in [0.25, 0.3) is 0 Å². The minimum absolute atomic E-state index is 0.105. The van der Waals surface area contributed by atoms with Crippen molar-refractivity contribution in [3.63, 3.8) is 0 Å². The summed E-state index contributed by atoms with van der Waals surface area (Å²) in [5, 5.41) is 10.7. The Hall–Kier alpha value is -1.63. The number of thioether (sulfide) groups is 1. The second-order valence-corrected chi connectivity index (χ2v) is 6.86. The quantitative estimate of drug-likeness (QED) is 0.355. The highest BCUT2D eigenvalue weighted by molar-refractivity contribution is 7.99. The number of nitro groups is 1. The normalized spacial score (nSPS) is 11.1. The average Bonchev–Trinajstić information content (AvgIpc) is 2.40. The maximum absolute atomic E-state index is 13.5. The first kappa shape index (κ1) is 17.4. The van der Waals surface area contributed by atoms with Crippen molar-refractivity contribution in [1.29, 1.82) is 0 Å². The fourth-order valence-electron chi connectivity index (χ4n) is 1.47. The van der Waals surface area contributed by atoms with Gasteiger partial charge in [-0.3, -0.25) is 10.1 Å². The Bertz CT molecular complexity index is 683. The summed E-state index contributed by atoms with van der Waals surface area (Å²) in [6.45, 7) is 1.39. The van der Waals surface area contributed by atoms with Gasteiger partial charge in [-0.25, -0.2) is 13.1 Å². The van der Waals surface area contributed by atoms with E-state index < -0.39 is 26.5 Å². The Morgan fingerprint density at radius 3 is 2.76 bits per heavy atom. The van der Waals surface area contributed by atoms with Crippen LogP contribution in [0, 0.1) is 35.2 Å². The molecule has 0 saturated heterocycles. The molecule has 0 aliphatic heterocycles. The van der Waals surface area contributed by atoms with Crippen LogP contribution in [-0.2, 0) is 10.0 Å². The molecule has 0 aliphatic carbocycles. The zero-order valence-corrected chi connectivity index (χ0v) is 12.8. The molecule has 0 aliphatic rings. The third-order valence-electron chi connectivity index (χ3n) is 2.44. The maximum atomic E-state index is 13.5. The van der Waals surface area contributed by atoms with E-state index in [0.717, 1.165) is 6.07 Å². The summed E-state index contributed by atoms with van der Waals surface area (Å²) in [6, 6.07) is 1.76. The van der Waals surface area contributed by atoms with Gasteiger partial charge in [0.15, 0.2) is 0 Å². The van der Waals surface area contributed by atoms with Crippen LogP contribution in [0.15, 0.2) is 17.0 Å². The third-order valence-corrected chi connectivity index (χ3v) is 4.74. The van der Waals surface area contributed by atoms with Crippen molar-refractivity contribution in [2.45, 2.75) is 11.8 Å². The van der Waals surface area contributed by atoms with Gasteiger partial charge in [-0.2, -0.15) is 4.39 Å². The summed E-state index contributed by atoms with van der Waals surface area (Å²) in [7, 11) is -3.93. The van der Waals surface area contributed by atoms with E-state index in [1.807, 2.05) is 0 Å². The first-order valence-electron chi connectivity index (χ1n) is 5.75. The molecule has 0 radical (unpaired) electrons. The number of terminal acetylenes is 1. The molecule has 0 saturated carbocycles. The second kappa shape index (κ2) is 7.40. The minimum Gasteiger partial charge on any atom is -0.258 e. The molecule has 9 heteroatoms. The van der Waals surface area contributed by atoms with Crippen LogP contribution in [0.4, 0.5) is 10.1 Å². The number of hydrogen-bond donors (Lipinski definition) is 1. The number of aryl methyl sites for hydroxylation is 1. The molecule has 1 rings (SSSR count). The van der Waals surface area contributed by atoms with Crippen molar-refractivity contribution in [3.8, 4) is 12.3 Å². The molecule has 21 heavy (non-hydrogen) atoms. The molecular weight excluding hydrogens is 319 g/mol. The molecule has 114 valence electrons. The number of nitrogens with one attached hydrogen (secondary N) is 1. The zero-order valence-electron chi connectivity index (χ0n) is 11.1. The van der Waals surface area contributed by atoms with Crippen LogP contribution in [0.25, 0.3) is 0 Å². The lowest BCUT2D eigenvalue weighted by Gasteiger charge is -2.08. The molecule has 0 bridgehead atoms. The van der Waals surface area contributed by atoms with Crippen LogP contribution in [0.5, 0.6) is 0 Å². The molecule has 1 aromatic rings. The molecular formula is C12H13FN2O4S2. The molecule has 6 nitrogen and oxygen atoms in total. The van der Waals surface area contributed by atoms with Crippen molar-refractivity contribution in [3.05, 3.63) is 33.6 Å². The largest absolute Gasteiger partial charge is 0.306 e. The summed E-state index contributed by atoms with van der Waals surface area (Å²) in [5.41, 5.74) is -0.969. The zero-order chi connectivity index (χ0) is 16.0. The van der Waals surface area contributed by atoms with E-state index in [1.54, 1.807) is 0 Å². The number of benzene rings is 1. The van der Waals surface area contributed by atoms with Gasteiger partial charge in [-0.05, 0) is 18.6 Å². The standard InChI is InChI=1S/C12H13FN2O4S2/c1-3-5-20-6-4-14-21(18,19)10-7-9(2)12(13)11(8-10)15(16)17/h1,7-8,14H,4-6H2,2H3. The second-order valence-electron chi connectivity index (χ2n) is 3.98. The lowest BCUT2D eigenvalue weighted by molar-refractivity contribution is -0.387. The molecule has 0 heterocycles. The average molecular weight is 332 g/mol. The minimum atomic E-state index is -3.93. The summed E-state index contributed by atoms with van der Waals surface area (Å²) in [6.07, 6.45) is 5.05. The van der Waals surface area contributed by atoms with Gasteiger partial charge in [0.2, 0.25) is 15.8 Å². The molecule has 0 amide bonds. The van der Waals surface area contributed by atoms with Crippen molar-refractivity contribution < 1.29 is 17.7 Å². The third kappa shape index (κ3) is 4.70. The van der Waals surface area contributed by atoms with Crippen LogP contribution in [0.2, 0.25) is 0 Å². The maximum Gasteiger partial charge on any atom is 0.306 e. The Balaban J connectivity index is 2.94. The van der Waals surface area contributed by atoms with Crippen molar-refractivity contribution >= 4 is 27.5 Å². The highest BCUT2D eigenvalue weighted by Crippen LogP contribution is 2.24. The van der Waals surface area contributed by atoms with E-state index >= 15 is 0 Å². The van der Waals surface area contributed by atoms with E-state index in [0.29, 0.717) is 17.6 Å². The van der Waals surface area contributed by atoms with Crippen molar-refractivity contribution in [1.82, 2.24) is 4.72 Å². The first-order valence-corrected chi connectivity index (χ1v) is 8.39. The lowest BCUT2D eigenvalue weighted by Crippen LogP contribution is -2.26. The van der Waals surface area contributed by atoms with Gasteiger partial charge >= 0.3 is 5.69 Å². The van der Waals surface area contributed by atoms with Crippen LogP contribution in [-0.4, -0.2) is 31.4 Å². The smallest absolute Gasteiger partial charge is 0.258 e. The summed E-state index contributed by atoms with van der Waals surface area (Å²) in [4.78, 5) is 9.42. The Morgan fingerprint density at radius 1 is 1.52 bits per heavy atom. The van der Waals surface area contributed by atoms with Crippen LogP contribution >= 0.6 is 11.8 Å². The molecule has 0 atom stereocenters. The highest BCUT2D eigenvalue weighted by atomic mass is 32.2. The predicted molar refractivity (Wildman–Crippen MR) is 79.1 cm³/mol. The fraction of sp³-hybridized carbons (Fsp3) is 0.333. The molecule has 0 aromatic heterocycles. The van der Waals surface area contributed by atoms with Crippen LogP contribution in [0.1, 0.15) is 5.56 Å². The van der Waals surface area contributed by atoms with Crippen molar-refractivity contribution in [2.24, 2.45) is 0 Å². The Labute approximate surface area is 126 Å². The van der Waals surface area contributed by atoms with Gasteiger partial charge in [-0.1, -0.05) is 5.92 Å². The number of sulfonamides is 1. The van der Waals surface area contributed by atoms with E-state index in [4.69, 9.17) is 6.42 Å². The Kier molecular flexibility index (Phi) is 6.14. The van der Waals surface area contributed by atoms with Gasteiger partial charge in [0.1, 0.15) is 0 Å². The lowest BCUT2D eigenvalue weighted by atomic mass is 10.2. The molecule has 0 unspecified atom stereocenters. The molecule has 0 spiro atoms. The SMILES string of the molecule is C#CCSCCNS(=O)(=O)c1cc(C)c(F)c([N+](=O)[O-])c1. The monoisotopic (exact) mass is 332 g/mol. The molecule has 1 aromatic carbocycles. The number of rotatable bonds is 7. The predicted octanol–water partition coefficient (Wildman–Crippen LogP) is 1.69. The van der Waals surface area contributed by atoms with E-state index in [-0.39, 0.29) is 17.0 Å². The number of nitrogens with zero attached hydrogens (tertiary/aromatic N) is 1. The summed E-state index contributed by atoms with van der Waals surface area (Å²) >= 11 is 1.37. The number of halogens is 1. The molecule has 1 N–H and O–H groups in total. The van der Waals surface area contributed by atoms with Crippen molar-refractivity contribution in [2.75, 3.05) is 18.1 Å². The van der Waals surface area contributed by atoms with E-state index in [2.05, 4.69) is 10.6 Å². The Morgan fingerprint density at radius 2 is 2.19 bits per heavy atom. The summed E-state index contributed by atoms with van der Waals surface area (Å²) < 4.78 is 39.8. The summed E-state index contributed by atoms with van der Waals surface area (Å²) in [5.74, 6) is 2.29. The van der Waals surface area contributed by atoms with Gasteiger partial charge < -0.3 is 0 Å². The fourth-order valence-corrected chi connectivity index (χ4v) is 3.24. The van der Waals surface area contributed by atoms with E-state index in [1.165, 1.54) is 18.7 Å². The number of hydrogen-bond acceptors (Lipinski definition) is 5. The number of nitro benzene ring substituents is 1. The van der Waals surface area contributed by atoms with Gasteiger partial charge in [-0.15, -0.1) is 18.2 Å². The first-order chi connectivity index (χ1) is 9.79. The van der Waals surface area contributed by atoms with Gasteiger partial charge in [0.05, 0.1) is 15.6 Å². The van der Waals surface area contributed by atoms with Crippen LogP contribution < -0.4 is 4.72 Å².